The van der Waals surface area contributed by atoms with Crippen LogP contribution >= 0.6 is 11.8 Å². The second-order valence-electron chi connectivity index (χ2n) is 5.59. The lowest BCUT2D eigenvalue weighted by molar-refractivity contribution is -0.122. The average molecular weight is 365 g/mol. The van der Waals surface area contributed by atoms with Crippen LogP contribution in [0.1, 0.15) is 15.9 Å². The van der Waals surface area contributed by atoms with Crippen LogP contribution in [0.25, 0.3) is 17.2 Å². The van der Waals surface area contributed by atoms with Gasteiger partial charge in [-0.05, 0) is 52.7 Å². The summed E-state index contributed by atoms with van der Waals surface area (Å²) in [4.78, 5) is 36.6. The molecule has 0 aromatic heterocycles. The molecule has 0 unspecified atom stereocenters. The molecule has 1 aliphatic rings. The lowest BCUT2D eigenvalue weighted by Crippen LogP contribution is -2.27. The molecule has 1 N–H and O–H groups in total. The molecule has 1 heterocycles. The van der Waals surface area contributed by atoms with Crippen molar-refractivity contribution in [2.45, 2.75) is 0 Å². The summed E-state index contributed by atoms with van der Waals surface area (Å²) in [6.07, 6.45) is 3.20. The van der Waals surface area contributed by atoms with Crippen LogP contribution in [0.5, 0.6) is 0 Å². The Labute approximate surface area is 154 Å². The Hall–Kier alpha value is -3.12. The summed E-state index contributed by atoms with van der Waals surface area (Å²) in [5.74, 6) is -1.29. The zero-order valence-electron chi connectivity index (χ0n) is 13.7. The van der Waals surface area contributed by atoms with E-state index in [9.17, 15) is 14.4 Å². The number of carboxylic acid groups (broad SMARTS) is 1. The fourth-order valence-electron chi connectivity index (χ4n) is 2.55. The van der Waals surface area contributed by atoms with Crippen LogP contribution in [0.3, 0.4) is 0 Å². The van der Waals surface area contributed by atoms with Gasteiger partial charge in [-0.25, -0.2) is 4.79 Å². The molecule has 26 heavy (non-hydrogen) atoms. The van der Waals surface area contributed by atoms with E-state index in [0.29, 0.717) is 4.91 Å². The summed E-state index contributed by atoms with van der Waals surface area (Å²) in [5.41, 5.74) is 2.76. The summed E-state index contributed by atoms with van der Waals surface area (Å²) in [6, 6.07) is 14.0. The van der Waals surface area contributed by atoms with Gasteiger partial charge >= 0.3 is 5.97 Å². The van der Waals surface area contributed by atoms with E-state index in [4.69, 9.17) is 5.11 Å². The summed E-state index contributed by atoms with van der Waals surface area (Å²) in [5, 5.41) is 8.67. The van der Waals surface area contributed by atoms with Gasteiger partial charge in [0.15, 0.2) is 0 Å². The van der Waals surface area contributed by atoms with Gasteiger partial charge in [0, 0.05) is 6.54 Å². The van der Waals surface area contributed by atoms with E-state index in [-0.39, 0.29) is 23.3 Å². The van der Waals surface area contributed by atoms with Crippen molar-refractivity contribution in [1.82, 2.24) is 4.90 Å². The van der Waals surface area contributed by atoms with Crippen molar-refractivity contribution in [3.63, 3.8) is 0 Å². The molecule has 1 fully saturated rings. The van der Waals surface area contributed by atoms with Gasteiger partial charge in [-0.1, -0.05) is 36.4 Å². The van der Waals surface area contributed by atoms with E-state index in [1.54, 1.807) is 30.3 Å². The van der Waals surface area contributed by atoms with Crippen LogP contribution in [0.4, 0.5) is 4.79 Å². The first-order chi connectivity index (χ1) is 12.5. The fourth-order valence-corrected chi connectivity index (χ4v) is 3.40. The first-order valence-corrected chi connectivity index (χ1v) is 8.61. The van der Waals surface area contributed by atoms with E-state index >= 15 is 0 Å². The molecule has 0 atom stereocenters. The molecular formula is C20H15NO4S. The van der Waals surface area contributed by atoms with Crippen molar-refractivity contribution in [3.8, 4) is 11.1 Å². The number of carboxylic acids is 1. The number of hydrogen-bond acceptors (Lipinski definition) is 4. The maximum Gasteiger partial charge on any atom is 0.335 e. The third-order valence-electron chi connectivity index (χ3n) is 3.83. The molecule has 0 saturated carbocycles. The van der Waals surface area contributed by atoms with Crippen molar-refractivity contribution in [2.24, 2.45) is 0 Å². The van der Waals surface area contributed by atoms with Gasteiger partial charge in [0.25, 0.3) is 11.1 Å². The van der Waals surface area contributed by atoms with Gasteiger partial charge in [0.05, 0.1) is 10.5 Å². The number of hydrogen-bond donors (Lipinski definition) is 1. The monoisotopic (exact) mass is 365 g/mol. The highest BCUT2D eigenvalue weighted by Crippen LogP contribution is 2.32. The minimum Gasteiger partial charge on any atom is -0.478 e. The molecule has 3 rings (SSSR count). The van der Waals surface area contributed by atoms with Crippen molar-refractivity contribution in [3.05, 3.63) is 77.2 Å². The molecule has 2 aromatic carbocycles. The van der Waals surface area contributed by atoms with Crippen LogP contribution in [-0.2, 0) is 4.79 Å². The zero-order valence-corrected chi connectivity index (χ0v) is 14.5. The van der Waals surface area contributed by atoms with Crippen molar-refractivity contribution < 1.29 is 19.5 Å². The minimum absolute atomic E-state index is 0.192. The van der Waals surface area contributed by atoms with Crippen LogP contribution in [0.2, 0.25) is 0 Å². The van der Waals surface area contributed by atoms with Crippen molar-refractivity contribution in [1.29, 1.82) is 0 Å². The Balaban J connectivity index is 1.88. The van der Waals surface area contributed by atoms with E-state index in [1.165, 1.54) is 6.08 Å². The van der Waals surface area contributed by atoms with Gasteiger partial charge in [0.2, 0.25) is 0 Å². The summed E-state index contributed by atoms with van der Waals surface area (Å²) in [6.45, 7) is 3.75. The van der Waals surface area contributed by atoms with E-state index < -0.39 is 5.97 Å². The largest absolute Gasteiger partial charge is 0.478 e. The lowest BCUT2D eigenvalue weighted by Gasteiger charge is -2.08. The normalized spacial score (nSPS) is 15.5. The molecule has 0 radical (unpaired) electrons. The highest BCUT2D eigenvalue weighted by atomic mass is 32.2. The maximum absolute atomic E-state index is 12.3. The first-order valence-electron chi connectivity index (χ1n) is 7.79. The zero-order chi connectivity index (χ0) is 18.7. The molecule has 0 spiro atoms. The predicted octanol–water partition coefficient (Wildman–Crippen LogP) is 4.27. The number of imide groups is 1. The summed E-state index contributed by atoms with van der Waals surface area (Å²) < 4.78 is 0. The number of amides is 2. The van der Waals surface area contributed by atoms with E-state index in [0.717, 1.165) is 33.4 Å². The van der Waals surface area contributed by atoms with Crippen LogP contribution in [0.15, 0.2) is 66.1 Å². The highest BCUT2D eigenvalue weighted by molar-refractivity contribution is 8.18. The molecule has 1 saturated heterocycles. The first kappa shape index (κ1) is 17.7. The molecule has 2 aromatic rings. The van der Waals surface area contributed by atoms with Crippen LogP contribution in [0, 0.1) is 0 Å². The van der Waals surface area contributed by atoms with Crippen molar-refractivity contribution in [2.75, 3.05) is 6.54 Å². The van der Waals surface area contributed by atoms with Gasteiger partial charge in [-0.3, -0.25) is 14.5 Å². The number of aromatic carboxylic acids is 1. The average Bonchev–Trinajstić information content (AvgIpc) is 2.90. The molecule has 5 nitrogen and oxygen atoms in total. The SMILES string of the molecule is C=CCN1C(=O)SC(=Cc2cccc(-c3ccc(C(=O)O)cc3)c2)C1=O. The smallest absolute Gasteiger partial charge is 0.335 e. The van der Waals surface area contributed by atoms with Gasteiger partial charge in [0.1, 0.15) is 0 Å². The second-order valence-corrected chi connectivity index (χ2v) is 6.58. The lowest BCUT2D eigenvalue weighted by atomic mass is 10.0. The Morgan fingerprint density at radius 1 is 1.12 bits per heavy atom. The van der Waals surface area contributed by atoms with Gasteiger partial charge < -0.3 is 5.11 Å². The third kappa shape index (κ3) is 3.60. The summed E-state index contributed by atoms with van der Waals surface area (Å²) in [7, 11) is 0. The number of carbonyl (C=O) groups excluding carboxylic acids is 2. The molecular weight excluding hydrogens is 350 g/mol. The van der Waals surface area contributed by atoms with Crippen molar-refractivity contribution >= 4 is 35.0 Å². The number of carbonyl (C=O) groups is 3. The van der Waals surface area contributed by atoms with E-state index in [1.807, 2.05) is 24.3 Å². The molecule has 2 amide bonds. The number of thioether (sulfide) groups is 1. The van der Waals surface area contributed by atoms with Crippen LogP contribution < -0.4 is 0 Å². The highest BCUT2D eigenvalue weighted by Gasteiger charge is 2.33. The van der Waals surface area contributed by atoms with Crippen LogP contribution in [-0.4, -0.2) is 33.7 Å². The summed E-state index contributed by atoms with van der Waals surface area (Å²) >= 11 is 0.909. The fraction of sp³-hybridized carbons (Fsp3) is 0.0500. The topological polar surface area (TPSA) is 74.7 Å². The Kier molecular flexibility index (Phi) is 5.04. The standard InChI is InChI=1S/C20H15NO4S/c1-2-10-21-18(22)17(26-20(21)25)12-13-4-3-5-16(11-13)14-6-8-15(9-7-14)19(23)24/h2-9,11-12H,1,10H2,(H,23,24). The number of benzene rings is 2. The Morgan fingerprint density at radius 3 is 2.50 bits per heavy atom. The van der Waals surface area contributed by atoms with Gasteiger partial charge in [-0.15, -0.1) is 6.58 Å². The maximum atomic E-state index is 12.3. The molecule has 1 aliphatic heterocycles. The second kappa shape index (κ2) is 7.41. The Bertz CT molecular complexity index is 931. The molecule has 0 bridgehead atoms. The minimum atomic E-state index is -0.972. The molecule has 130 valence electrons. The molecule has 6 heteroatoms. The predicted molar refractivity (Wildman–Crippen MR) is 102 cm³/mol. The van der Waals surface area contributed by atoms with Gasteiger partial charge in [-0.2, -0.15) is 0 Å². The number of rotatable bonds is 5. The molecule has 0 aliphatic carbocycles. The third-order valence-corrected chi connectivity index (χ3v) is 4.74. The quantitative estimate of drug-likeness (QED) is 0.632. The number of nitrogens with zero attached hydrogens (tertiary/aromatic N) is 1. The Morgan fingerprint density at radius 2 is 1.85 bits per heavy atom. The van der Waals surface area contributed by atoms with E-state index in [2.05, 4.69) is 6.58 Å².